The molecule has 168 valence electrons. The molecule has 0 bridgehead atoms. The predicted molar refractivity (Wildman–Crippen MR) is 138 cm³/mol. The number of fused-ring (bicyclic) bond motifs is 2. The van der Waals surface area contributed by atoms with Crippen molar-refractivity contribution >= 4 is 54.6 Å². The molecule has 0 amide bonds. The van der Waals surface area contributed by atoms with Gasteiger partial charge in [0.15, 0.2) is 0 Å². The van der Waals surface area contributed by atoms with Crippen LogP contribution in [-0.2, 0) is 12.8 Å². The van der Waals surface area contributed by atoms with Crippen LogP contribution in [0.3, 0.4) is 0 Å². The molecule has 0 spiro atoms. The Morgan fingerprint density at radius 2 is 0.853 bits per heavy atom. The smallest absolute Gasteiger partial charge is 0.119 e. The molecule has 0 heterocycles. The Kier molecular flexibility index (Phi) is 6.26. The second kappa shape index (κ2) is 9.48. The Balaban J connectivity index is 1.52. The molecule has 34 heavy (non-hydrogen) atoms. The molecule has 6 nitrogen and oxygen atoms in total. The highest BCUT2D eigenvalue weighted by atomic mass is 79.9. The lowest BCUT2D eigenvalue weighted by Gasteiger charge is -2.23. The molecule has 0 aromatic heterocycles. The lowest BCUT2D eigenvalue weighted by molar-refractivity contribution is 0.460. The summed E-state index contributed by atoms with van der Waals surface area (Å²) in [6, 6.07) is 21.9. The van der Waals surface area contributed by atoms with Crippen LogP contribution in [-0.4, -0.2) is 10.2 Å². The van der Waals surface area contributed by atoms with Gasteiger partial charge < -0.3 is 10.2 Å². The van der Waals surface area contributed by atoms with Gasteiger partial charge in [-0.1, -0.05) is 31.9 Å². The SMILES string of the molecule is Oc1ccc(N=Nc2ccc(Br)cc2)c2c1Cc1c(O)ccc(N=Nc3ccc(Br)cc3)c1C2. The van der Waals surface area contributed by atoms with E-state index in [2.05, 4.69) is 52.3 Å². The molecule has 1 aliphatic carbocycles. The first-order valence-corrected chi connectivity index (χ1v) is 12.1. The van der Waals surface area contributed by atoms with Gasteiger partial charge in [0.1, 0.15) is 11.5 Å². The summed E-state index contributed by atoms with van der Waals surface area (Å²) in [6.45, 7) is 0. The highest BCUT2D eigenvalue weighted by Gasteiger charge is 2.25. The van der Waals surface area contributed by atoms with E-state index < -0.39 is 0 Å². The van der Waals surface area contributed by atoms with Gasteiger partial charge in [-0.3, -0.25) is 0 Å². The van der Waals surface area contributed by atoms with E-state index in [9.17, 15) is 10.2 Å². The summed E-state index contributed by atoms with van der Waals surface area (Å²) in [7, 11) is 0. The van der Waals surface area contributed by atoms with Crippen LogP contribution in [0.15, 0.2) is 102 Å². The van der Waals surface area contributed by atoms with E-state index in [0.717, 1.165) is 42.6 Å². The van der Waals surface area contributed by atoms with Gasteiger partial charge in [0.05, 0.1) is 22.7 Å². The number of benzene rings is 4. The molecule has 4 aromatic rings. The second-order valence-corrected chi connectivity index (χ2v) is 9.66. The fourth-order valence-electron chi connectivity index (χ4n) is 3.91. The van der Waals surface area contributed by atoms with Gasteiger partial charge in [-0.2, -0.15) is 20.5 Å². The van der Waals surface area contributed by atoms with Crippen LogP contribution in [0.4, 0.5) is 22.7 Å². The van der Waals surface area contributed by atoms with E-state index in [-0.39, 0.29) is 11.5 Å². The minimum absolute atomic E-state index is 0.171. The molecular formula is C26H18Br2N4O2. The molecular weight excluding hydrogens is 560 g/mol. The van der Waals surface area contributed by atoms with Crippen LogP contribution in [0.2, 0.25) is 0 Å². The van der Waals surface area contributed by atoms with Gasteiger partial charge in [-0.25, -0.2) is 0 Å². The van der Waals surface area contributed by atoms with Crippen LogP contribution < -0.4 is 0 Å². The normalized spacial score (nSPS) is 12.8. The summed E-state index contributed by atoms with van der Waals surface area (Å²) >= 11 is 6.84. The number of rotatable bonds is 4. The number of hydrogen-bond acceptors (Lipinski definition) is 6. The van der Waals surface area contributed by atoms with Gasteiger partial charge in [-0.15, -0.1) is 0 Å². The average Bonchev–Trinajstić information content (AvgIpc) is 2.85. The van der Waals surface area contributed by atoms with Gasteiger partial charge in [0.25, 0.3) is 0 Å². The maximum atomic E-state index is 10.6. The summed E-state index contributed by atoms with van der Waals surface area (Å²) in [6.07, 6.45) is 0.808. The van der Waals surface area contributed by atoms with Crippen LogP contribution >= 0.6 is 31.9 Å². The summed E-state index contributed by atoms with van der Waals surface area (Å²) in [5.74, 6) is 0.342. The van der Waals surface area contributed by atoms with E-state index in [1.807, 2.05) is 48.5 Å². The van der Waals surface area contributed by atoms with Crippen molar-refractivity contribution in [3.8, 4) is 11.5 Å². The van der Waals surface area contributed by atoms with E-state index in [4.69, 9.17) is 0 Å². The fourth-order valence-corrected chi connectivity index (χ4v) is 4.43. The molecule has 0 unspecified atom stereocenters. The van der Waals surface area contributed by atoms with Crippen molar-refractivity contribution in [2.45, 2.75) is 12.8 Å². The molecule has 0 aliphatic heterocycles. The minimum atomic E-state index is 0.171. The first-order valence-electron chi connectivity index (χ1n) is 10.5. The zero-order valence-corrected chi connectivity index (χ0v) is 21.0. The third-order valence-electron chi connectivity index (χ3n) is 5.67. The first kappa shape index (κ1) is 22.4. The number of azo groups is 2. The molecule has 0 saturated heterocycles. The van der Waals surface area contributed by atoms with E-state index >= 15 is 0 Å². The molecule has 0 radical (unpaired) electrons. The Hall–Kier alpha value is -3.36. The summed E-state index contributed by atoms with van der Waals surface area (Å²) in [4.78, 5) is 0. The molecule has 2 N–H and O–H groups in total. The third kappa shape index (κ3) is 4.64. The Morgan fingerprint density at radius 1 is 0.471 bits per heavy atom. The first-order chi connectivity index (χ1) is 16.5. The number of hydrogen-bond donors (Lipinski definition) is 2. The van der Waals surface area contributed by atoms with Crippen LogP contribution in [0.5, 0.6) is 11.5 Å². The predicted octanol–water partition coefficient (Wildman–Crippen LogP) is 8.95. The zero-order chi connectivity index (χ0) is 23.7. The van der Waals surface area contributed by atoms with Crippen molar-refractivity contribution in [1.82, 2.24) is 0 Å². The van der Waals surface area contributed by atoms with E-state index in [1.165, 1.54) is 0 Å². The Labute approximate surface area is 213 Å². The Morgan fingerprint density at radius 3 is 1.26 bits per heavy atom. The van der Waals surface area contributed by atoms with Crippen molar-refractivity contribution in [3.05, 3.63) is 104 Å². The maximum absolute atomic E-state index is 10.6. The lowest BCUT2D eigenvalue weighted by Crippen LogP contribution is -2.08. The number of phenolic OH excluding ortho intramolecular Hbond substituents is 2. The molecule has 0 atom stereocenters. The van der Waals surface area contributed by atoms with E-state index in [1.54, 1.807) is 24.3 Å². The largest absolute Gasteiger partial charge is 0.508 e. The van der Waals surface area contributed by atoms with Gasteiger partial charge in [0, 0.05) is 32.9 Å². The topological polar surface area (TPSA) is 89.9 Å². The molecule has 0 saturated carbocycles. The van der Waals surface area contributed by atoms with Crippen LogP contribution in [0.25, 0.3) is 0 Å². The van der Waals surface area contributed by atoms with Crippen LogP contribution in [0.1, 0.15) is 22.3 Å². The highest BCUT2D eigenvalue weighted by Crippen LogP contribution is 2.44. The van der Waals surface area contributed by atoms with Crippen LogP contribution in [0, 0.1) is 0 Å². The summed E-state index contributed by atoms with van der Waals surface area (Å²) in [5, 5.41) is 38.8. The number of halogens is 2. The summed E-state index contributed by atoms with van der Waals surface area (Å²) < 4.78 is 1.93. The zero-order valence-electron chi connectivity index (χ0n) is 17.8. The van der Waals surface area contributed by atoms with Crippen molar-refractivity contribution in [2.75, 3.05) is 0 Å². The standard InChI is InChI=1S/C26H18Br2N4O2/c27-15-1-5-17(6-2-15)29-31-23-9-11-25(33)21-14-22-20(13-19(21)23)24(10-12-26(22)34)32-30-18-7-3-16(28)4-8-18/h1-12,33-34H,13-14H2. The van der Waals surface area contributed by atoms with Crippen molar-refractivity contribution in [3.63, 3.8) is 0 Å². The summed E-state index contributed by atoms with van der Waals surface area (Å²) in [5.41, 5.74) is 5.97. The van der Waals surface area contributed by atoms with Gasteiger partial charge >= 0.3 is 0 Å². The van der Waals surface area contributed by atoms with Crippen molar-refractivity contribution in [1.29, 1.82) is 0 Å². The number of nitrogens with zero attached hydrogens (tertiary/aromatic N) is 4. The molecule has 1 aliphatic rings. The second-order valence-electron chi connectivity index (χ2n) is 7.83. The van der Waals surface area contributed by atoms with E-state index in [0.29, 0.717) is 24.2 Å². The number of aromatic hydroxyl groups is 2. The van der Waals surface area contributed by atoms with Crippen molar-refractivity contribution in [2.24, 2.45) is 20.5 Å². The molecule has 8 heteroatoms. The quantitative estimate of drug-likeness (QED) is 0.209. The Bertz CT molecular complexity index is 1320. The fraction of sp³-hybridized carbons (Fsp3) is 0.0769. The monoisotopic (exact) mass is 576 g/mol. The average molecular weight is 578 g/mol. The van der Waals surface area contributed by atoms with Crippen molar-refractivity contribution < 1.29 is 10.2 Å². The number of phenols is 2. The van der Waals surface area contributed by atoms with Gasteiger partial charge in [-0.05, 0) is 83.9 Å². The molecule has 5 rings (SSSR count). The highest BCUT2D eigenvalue weighted by molar-refractivity contribution is 9.10. The molecule has 4 aromatic carbocycles. The molecule has 0 fully saturated rings. The maximum Gasteiger partial charge on any atom is 0.119 e. The van der Waals surface area contributed by atoms with Gasteiger partial charge in [0.2, 0.25) is 0 Å². The lowest BCUT2D eigenvalue weighted by atomic mass is 9.83. The minimum Gasteiger partial charge on any atom is -0.508 e. The third-order valence-corrected chi connectivity index (χ3v) is 6.73.